The summed E-state index contributed by atoms with van der Waals surface area (Å²) >= 11 is 6.00. The van der Waals surface area contributed by atoms with Crippen molar-refractivity contribution in [2.24, 2.45) is 0 Å². The van der Waals surface area contributed by atoms with Crippen LogP contribution in [0.1, 0.15) is 10.4 Å². The van der Waals surface area contributed by atoms with Gasteiger partial charge in [0.25, 0.3) is 0 Å². The monoisotopic (exact) mass is 393 g/mol. The van der Waals surface area contributed by atoms with E-state index in [-0.39, 0.29) is 22.6 Å². The number of hydrogen-bond acceptors (Lipinski definition) is 9. The Labute approximate surface area is 159 Å². The number of halogens is 1. The number of carbonyl (C=O) groups is 1. The summed E-state index contributed by atoms with van der Waals surface area (Å²) in [6.45, 7) is 1.77. The minimum absolute atomic E-state index is 0.0662. The van der Waals surface area contributed by atoms with Crippen LogP contribution in [0.2, 0.25) is 5.28 Å². The van der Waals surface area contributed by atoms with Crippen molar-refractivity contribution in [3.63, 3.8) is 0 Å². The molecule has 0 saturated carbocycles. The van der Waals surface area contributed by atoms with Crippen molar-refractivity contribution in [2.45, 2.75) is 0 Å². The maximum Gasteiger partial charge on any atom is 0.353 e. The van der Waals surface area contributed by atoms with Crippen LogP contribution in [-0.2, 0) is 9.47 Å². The van der Waals surface area contributed by atoms with Gasteiger partial charge in [0.1, 0.15) is 0 Å². The lowest BCUT2D eigenvalue weighted by molar-refractivity contribution is -0.383. The third kappa shape index (κ3) is 4.23. The molecule has 2 aromatic rings. The molecule has 1 aliphatic heterocycles. The first kappa shape index (κ1) is 18.8. The third-order valence-corrected chi connectivity index (χ3v) is 4.05. The van der Waals surface area contributed by atoms with Gasteiger partial charge in [-0.1, -0.05) is 6.07 Å². The molecule has 0 atom stereocenters. The first-order chi connectivity index (χ1) is 13.0. The van der Waals surface area contributed by atoms with Gasteiger partial charge in [-0.05, 0) is 29.8 Å². The number of methoxy groups -OCH3 is 1. The van der Waals surface area contributed by atoms with Gasteiger partial charge in [0.05, 0.1) is 30.8 Å². The molecule has 1 aromatic carbocycles. The van der Waals surface area contributed by atoms with Crippen LogP contribution in [0.15, 0.2) is 24.3 Å². The Bertz CT molecular complexity index is 872. The van der Waals surface area contributed by atoms with Gasteiger partial charge < -0.3 is 19.7 Å². The first-order valence-electron chi connectivity index (χ1n) is 7.99. The summed E-state index contributed by atoms with van der Waals surface area (Å²) in [4.78, 5) is 32.6. The van der Waals surface area contributed by atoms with Crippen molar-refractivity contribution >= 4 is 40.6 Å². The number of nitro groups is 1. The molecular formula is C16H16ClN5O5. The molecule has 11 heteroatoms. The van der Waals surface area contributed by atoms with Gasteiger partial charge in [-0.3, -0.25) is 10.1 Å². The van der Waals surface area contributed by atoms with Crippen molar-refractivity contribution < 1.29 is 19.2 Å². The molecule has 0 aliphatic carbocycles. The highest BCUT2D eigenvalue weighted by atomic mass is 35.5. The van der Waals surface area contributed by atoms with Gasteiger partial charge in [-0.25, -0.2) is 4.79 Å². The van der Waals surface area contributed by atoms with Crippen molar-refractivity contribution in [1.82, 2.24) is 9.97 Å². The standard InChI is InChI=1S/C16H16ClN5O5/c1-26-15(23)10-3-2-4-11(9-10)18-13-12(22(24)25)14(20-16(17)19-13)21-5-7-27-8-6-21/h2-4,9H,5-8H2,1H3,(H,18,19,20). The number of carbonyl (C=O) groups excluding carboxylic acids is 1. The van der Waals surface area contributed by atoms with Crippen molar-refractivity contribution in [1.29, 1.82) is 0 Å². The number of nitrogens with one attached hydrogen (secondary N) is 1. The highest BCUT2D eigenvalue weighted by Gasteiger charge is 2.29. The maximum absolute atomic E-state index is 11.7. The van der Waals surface area contributed by atoms with E-state index in [4.69, 9.17) is 16.3 Å². The van der Waals surface area contributed by atoms with E-state index in [2.05, 4.69) is 20.0 Å². The van der Waals surface area contributed by atoms with E-state index in [0.29, 0.717) is 37.6 Å². The highest BCUT2D eigenvalue weighted by Crippen LogP contribution is 2.35. The summed E-state index contributed by atoms with van der Waals surface area (Å²) in [5, 5.41) is 14.4. The summed E-state index contributed by atoms with van der Waals surface area (Å²) in [6, 6.07) is 6.32. The molecule has 0 amide bonds. The number of esters is 1. The zero-order chi connectivity index (χ0) is 19.4. The number of morpholine rings is 1. The van der Waals surface area contributed by atoms with E-state index in [1.807, 2.05) is 0 Å². The van der Waals surface area contributed by atoms with E-state index in [9.17, 15) is 14.9 Å². The fraction of sp³-hybridized carbons (Fsp3) is 0.312. The topological polar surface area (TPSA) is 120 Å². The number of anilines is 3. The Balaban J connectivity index is 2.01. The fourth-order valence-corrected chi connectivity index (χ4v) is 2.81. The second kappa shape index (κ2) is 8.14. The second-order valence-electron chi connectivity index (χ2n) is 5.57. The van der Waals surface area contributed by atoms with Gasteiger partial charge in [0.2, 0.25) is 16.9 Å². The van der Waals surface area contributed by atoms with E-state index >= 15 is 0 Å². The molecule has 27 heavy (non-hydrogen) atoms. The number of rotatable bonds is 5. The van der Waals surface area contributed by atoms with E-state index in [1.165, 1.54) is 13.2 Å². The van der Waals surface area contributed by atoms with Crippen molar-refractivity contribution in [2.75, 3.05) is 43.6 Å². The Morgan fingerprint density at radius 2 is 2.11 bits per heavy atom. The van der Waals surface area contributed by atoms with Gasteiger partial charge in [-0.15, -0.1) is 0 Å². The molecule has 10 nitrogen and oxygen atoms in total. The molecule has 0 spiro atoms. The zero-order valence-corrected chi connectivity index (χ0v) is 15.1. The minimum atomic E-state index is -0.562. The normalized spacial score (nSPS) is 13.9. The molecule has 0 unspecified atom stereocenters. The predicted octanol–water partition coefficient (Wildman–Crippen LogP) is 2.41. The average Bonchev–Trinajstić information content (AvgIpc) is 2.67. The van der Waals surface area contributed by atoms with Crippen LogP contribution < -0.4 is 10.2 Å². The maximum atomic E-state index is 11.7. The summed E-state index contributed by atoms with van der Waals surface area (Å²) in [7, 11) is 1.27. The van der Waals surface area contributed by atoms with Crippen LogP contribution in [0.4, 0.5) is 23.0 Å². The Morgan fingerprint density at radius 3 is 2.78 bits per heavy atom. The average molecular weight is 394 g/mol. The van der Waals surface area contributed by atoms with Gasteiger partial charge >= 0.3 is 11.7 Å². The molecule has 2 heterocycles. The SMILES string of the molecule is COC(=O)c1cccc(Nc2nc(Cl)nc(N3CCOCC3)c2[N+](=O)[O-])c1. The largest absolute Gasteiger partial charge is 0.465 e. The molecule has 1 N–H and O–H groups in total. The Kier molecular flexibility index (Phi) is 5.67. The second-order valence-corrected chi connectivity index (χ2v) is 5.91. The molecule has 0 bridgehead atoms. The zero-order valence-electron chi connectivity index (χ0n) is 14.3. The fourth-order valence-electron chi connectivity index (χ4n) is 2.65. The summed E-state index contributed by atoms with van der Waals surface area (Å²) in [5.74, 6) is -0.471. The van der Waals surface area contributed by atoms with Gasteiger partial charge in [0.15, 0.2) is 0 Å². The molecule has 3 rings (SSSR count). The smallest absolute Gasteiger partial charge is 0.353 e. The lowest BCUT2D eigenvalue weighted by Crippen LogP contribution is -2.37. The molecular weight excluding hydrogens is 378 g/mol. The van der Waals surface area contributed by atoms with Gasteiger partial charge in [-0.2, -0.15) is 9.97 Å². The lowest BCUT2D eigenvalue weighted by Gasteiger charge is -2.27. The summed E-state index contributed by atoms with van der Waals surface area (Å²) in [5.41, 5.74) is 0.409. The summed E-state index contributed by atoms with van der Waals surface area (Å²) in [6.07, 6.45) is 0. The van der Waals surface area contributed by atoms with Crippen molar-refractivity contribution in [3.8, 4) is 0 Å². The molecule has 0 radical (unpaired) electrons. The quantitative estimate of drug-likeness (QED) is 0.353. The Morgan fingerprint density at radius 1 is 1.37 bits per heavy atom. The molecule has 1 aromatic heterocycles. The van der Waals surface area contributed by atoms with E-state index < -0.39 is 10.9 Å². The van der Waals surface area contributed by atoms with Gasteiger partial charge in [0, 0.05) is 18.8 Å². The molecule has 1 aliphatic rings. The summed E-state index contributed by atoms with van der Waals surface area (Å²) < 4.78 is 9.96. The van der Waals surface area contributed by atoms with Crippen LogP contribution in [0.5, 0.6) is 0 Å². The highest BCUT2D eigenvalue weighted by molar-refractivity contribution is 6.28. The number of benzene rings is 1. The lowest BCUT2D eigenvalue weighted by atomic mass is 10.2. The molecule has 1 fully saturated rings. The van der Waals surface area contributed by atoms with Crippen LogP contribution in [0.25, 0.3) is 0 Å². The van der Waals surface area contributed by atoms with Crippen LogP contribution >= 0.6 is 11.6 Å². The number of ether oxygens (including phenoxy) is 2. The van der Waals surface area contributed by atoms with E-state index in [1.54, 1.807) is 23.1 Å². The minimum Gasteiger partial charge on any atom is -0.465 e. The molecule has 1 saturated heterocycles. The van der Waals surface area contributed by atoms with E-state index in [0.717, 1.165) is 0 Å². The first-order valence-corrected chi connectivity index (χ1v) is 8.37. The number of aromatic nitrogens is 2. The van der Waals surface area contributed by atoms with Crippen LogP contribution in [0.3, 0.4) is 0 Å². The Hall–Kier alpha value is -2.98. The predicted molar refractivity (Wildman–Crippen MR) is 97.8 cm³/mol. The number of hydrogen-bond donors (Lipinski definition) is 1. The third-order valence-electron chi connectivity index (χ3n) is 3.88. The van der Waals surface area contributed by atoms with Crippen molar-refractivity contribution in [3.05, 3.63) is 45.2 Å². The van der Waals surface area contributed by atoms with Crippen LogP contribution in [-0.4, -0.2) is 54.3 Å². The molecule has 142 valence electrons. The number of nitrogens with zero attached hydrogens (tertiary/aromatic N) is 4. The van der Waals surface area contributed by atoms with Crippen LogP contribution in [0, 0.1) is 10.1 Å².